The van der Waals surface area contributed by atoms with Crippen molar-refractivity contribution < 1.29 is 0 Å². The standard InChI is InChI=1S/C11H13N3/c1-2-3-8-13-14-9-12-10-6-4-5-7-11(10)14/h4-9H,2-3H2,1H3/b13-8-. The molecule has 14 heavy (non-hydrogen) atoms. The molecule has 1 aromatic heterocycles. The van der Waals surface area contributed by atoms with Gasteiger partial charge in [0, 0.05) is 6.21 Å². The Kier molecular flexibility index (Phi) is 2.58. The third-order valence-corrected chi connectivity index (χ3v) is 2.06. The molecule has 0 atom stereocenters. The van der Waals surface area contributed by atoms with Crippen molar-refractivity contribution in [1.82, 2.24) is 9.66 Å². The van der Waals surface area contributed by atoms with Gasteiger partial charge in [0.05, 0.1) is 11.0 Å². The lowest BCUT2D eigenvalue weighted by Crippen LogP contribution is -1.86. The average molecular weight is 187 g/mol. The van der Waals surface area contributed by atoms with Crippen LogP contribution in [-0.4, -0.2) is 15.9 Å². The van der Waals surface area contributed by atoms with Gasteiger partial charge in [-0.15, -0.1) is 0 Å². The Morgan fingerprint density at radius 3 is 3.14 bits per heavy atom. The van der Waals surface area contributed by atoms with Crippen LogP contribution in [0.1, 0.15) is 19.8 Å². The third kappa shape index (κ3) is 1.66. The number of imidazole rings is 1. The first-order valence-electron chi connectivity index (χ1n) is 4.86. The van der Waals surface area contributed by atoms with Crippen LogP contribution in [0.15, 0.2) is 35.7 Å². The highest BCUT2D eigenvalue weighted by Gasteiger charge is 1.97. The molecular formula is C11H13N3. The summed E-state index contributed by atoms with van der Waals surface area (Å²) in [5.74, 6) is 0. The maximum Gasteiger partial charge on any atom is 0.118 e. The minimum absolute atomic E-state index is 0.987. The lowest BCUT2D eigenvalue weighted by molar-refractivity contribution is 0.895. The number of hydrogen-bond acceptors (Lipinski definition) is 2. The van der Waals surface area contributed by atoms with E-state index >= 15 is 0 Å². The maximum atomic E-state index is 4.31. The van der Waals surface area contributed by atoms with Gasteiger partial charge in [0.2, 0.25) is 0 Å². The summed E-state index contributed by atoms with van der Waals surface area (Å²) in [6.45, 7) is 2.14. The van der Waals surface area contributed by atoms with Gasteiger partial charge in [0.25, 0.3) is 0 Å². The van der Waals surface area contributed by atoms with Crippen molar-refractivity contribution in [3.63, 3.8) is 0 Å². The molecule has 0 fully saturated rings. The normalized spacial score (nSPS) is 11.5. The summed E-state index contributed by atoms with van der Waals surface area (Å²) in [6, 6.07) is 7.98. The Balaban J connectivity index is 2.34. The van der Waals surface area contributed by atoms with Gasteiger partial charge in [0.1, 0.15) is 6.33 Å². The van der Waals surface area contributed by atoms with Crippen molar-refractivity contribution in [2.45, 2.75) is 19.8 Å². The van der Waals surface area contributed by atoms with Crippen LogP contribution >= 0.6 is 0 Å². The van der Waals surface area contributed by atoms with Crippen molar-refractivity contribution in [3.8, 4) is 0 Å². The lowest BCUT2D eigenvalue weighted by Gasteiger charge is -1.93. The van der Waals surface area contributed by atoms with Gasteiger partial charge in [0.15, 0.2) is 0 Å². The maximum absolute atomic E-state index is 4.31. The van der Waals surface area contributed by atoms with E-state index in [-0.39, 0.29) is 0 Å². The summed E-state index contributed by atoms with van der Waals surface area (Å²) in [5.41, 5.74) is 2.04. The zero-order valence-electron chi connectivity index (χ0n) is 8.22. The van der Waals surface area contributed by atoms with Gasteiger partial charge in [-0.25, -0.2) is 9.66 Å². The Hall–Kier alpha value is -1.64. The van der Waals surface area contributed by atoms with Crippen LogP contribution in [-0.2, 0) is 0 Å². The fourth-order valence-electron chi connectivity index (χ4n) is 1.31. The van der Waals surface area contributed by atoms with Crippen LogP contribution in [0, 0.1) is 0 Å². The molecule has 0 saturated carbocycles. The number of aromatic nitrogens is 2. The number of benzene rings is 1. The molecule has 0 spiro atoms. The van der Waals surface area contributed by atoms with Crippen molar-refractivity contribution in [2.24, 2.45) is 5.10 Å². The van der Waals surface area contributed by atoms with Crippen molar-refractivity contribution in [3.05, 3.63) is 30.6 Å². The number of para-hydroxylation sites is 2. The molecular weight excluding hydrogens is 174 g/mol. The summed E-state index contributed by atoms with van der Waals surface area (Å²) in [4.78, 5) is 4.25. The van der Waals surface area contributed by atoms with Crippen LogP contribution in [0.5, 0.6) is 0 Å². The Bertz CT molecular complexity index is 442. The highest BCUT2D eigenvalue weighted by molar-refractivity contribution is 5.75. The van der Waals surface area contributed by atoms with Crippen LogP contribution < -0.4 is 0 Å². The number of hydrogen-bond donors (Lipinski definition) is 0. The summed E-state index contributed by atoms with van der Waals surface area (Å²) in [7, 11) is 0. The van der Waals surface area contributed by atoms with E-state index in [9.17, 15) is 0 Å². The lowest BCUT2D eigenvalue weighted by atomic mass is 10.3. The van der Waals surface area contributed by atoms with E-state index < -0.39 is 0 Å². The van der Waals surface area contributed by atoms with E-state index in [0.29, 0.717) is 0 Å². The molecule has 0 bridgehead atoms. The van der Waals surface area contributed by atoms with Gasteiger partial charge in [-0.1, -0.05) is 25.5 Å². The van der Waals surface area contributed by atoms with Gasteiger partial charge < -0.3 is 0 Å². The molecule has 0 aliphatic rings. The van der Waals surface area contributed by atoms with E-state index in [1.165, 1.54) is 0 Å². The highest BCUT2D eigenvalue weighted by atomic mass is 15.4. The molecule has 72 valence electrons. The fourth-order valence-corrected chi connectivity index (χ4v) is 1.31. The first-order valence-corrected chi connectivity index (χ1v) is 4.86. The minimum atomic E-state index is 0.987. The number of fused-ring (bicyclic) bond motifs is 1. The first-order chi connectivity index (χ1) is 6.92. The summed E-state index contributed by atoms with van der Waals surface area (Å²) >= 11 is 0. The predicted molar refractivity (Wildman–Crippen MR) is 58.5 cm³/mol. The molecule has 3 heteroatoms. The molecule has 0 N–H and O–H groups in total. The fraction of sp³-hybridized carbons (Fsp3) is 0.273. The molecule has 3 nitrogen and oxygen atoms in total. The molecule has 2 aromatic rings. The van der Waals surface area contributed by atoms with E-state index in [1.54, 1.807) is 6.33 Å². The minimum Gasteiger partial charge on any atom is -0.235 e. The topological polar surface area (TPSA) is 30.2 Å². The summed E-state index contributed by atoms with van der Waals surface area (Å²) < 4.78 is 1.81. The number of rotatable bonds is 3. The SMILES string of the molecule is CCC/C=N\n1cnc2ccccc21. The molecule has 1 heterocycles. The van der Waals surface area contributed by atoms with Crippen molar-refractivity contribution >= 4 is 17.2 Å². The van der Waals surface area contributed by atoms with Gasteiger partial charge >= 0.3 is 0 Å². The second kappa shape index (κ2) is 4.05. The summed E-state index contributed by atoms with van der Waals surface area (Å²) in [5, 5.41) is 4.31. The quantitative estimate of drug-likeness (QED) is 0.679. The Morgan fingerprint density at radius 2 is 2.29 bits per heavy atom. The zero-order valence-corrected chi connectivity index (χ0v) is 8.22. The van der Waals surface area contributed by atoms with E-state index in [4.69, 9.17) is 0 Å². The molecule has 0 saturated heterocycles. The van der Waals surface area contributed by atoms with E-state index in [0.717, 1.165) is 23.9 Å². The molecule has 0 unspecified atom stereocenters. The number of nitrogens with zero attached hydrogens (tertiary/aromatic N) is 3. The average Bonchev–Trinajstić information content (AvgIpc) is 2.63. The van der Waals surface area contributed by atoms with Crippen LogP contribution in [0.4, 0.5) is 0 Å². The van der Waals surface area contributed by atoms with Crippen LogP contribution in [0.2, 0.25) is 0 Å². The zero-order chi connectivity index (χ0) is 9.80. The number of unbranched alkanes of at least 4 members (excludes halogenated alkanes) is 1. The van der Waals surface area contributed by atoms with E-state index in [2.05, 4.69) is 17.0 Å². The van der Waals surface area contributed by atoms with Gasteiger partial charge in [-0.05, 0) is 18.6 Å². The Labute approximate surface area is 83.1 Å². The molecule has 1 aromatic carbocycles. The molecule has 2 rings (SSSR count). The second-order valence-electron chi connectivity index (χ2n) is 3.16. The van der Waals surface area contributed by atoms with Crippen molar-refractivity contribution in [2.75, 3.05) is 0 Å². The Morgan fingerprint density at radius 1 is 1.43 bits per heavy atom. The smallest absolute Gasteiger partial charge is 0.118 e. The van der Waals surface area contributed by atoms with Crippen LogP contribution in [0.25, 0.3) is 11.0 Å². The monoisotopic (exact) mass is 187 g/mol. The second-order valence-corrected chi connectivity index (χ2v) is 3.16. The van der Waals surface area contributed by atoms with E-state index in [1.807, 2.05) is 35.2 Å². The summed E-state index contributed by atoms with van der Waals surface area (Å²) in [6.07, 6.45) is 5.80. The van der Waals surface area contributed by atoms with Crippen molar-refractivity contribution in [1.29, 1.82) is 0 Å². The highest BCUT2D eigenvalue weighted by Crippen LogP contribution is 2.10. The molecule has 0 aliphatic carbocycles. The van der Waals surface area contributed by atoms with Gasteiger partial charge in [-0.3, -0.25) is 0 Å². The first kappa shape index (κ1) is 8.94. The third-order valence-electron chi connectivity index (χ3n) is 2.06. The predicted octanol–water partition coefficient (Wildman–Crippen LogP) is 2.67. The van der Waals surface area contributed by atoms with Gasteiger partial charge in [-0.2, -0.15) is 5.10 Å². The molecule has 0 amide bonds. The van der Waals surface area contributed by atoms with Crippen LogP contribution in [0.3, 0.4) is 0 Å². The molecule has 0 aliphatic heterocycles. The molecule has 0 radical (unpaired) electrons. The largest absolute Gasteiger partial charge is 0.235 e.